The second-order valence-electron chi connectivity index (χ2n) is 25.9. The van der Waals surface area contributed by atoms with Crippen molar-refractivity contribution in [2.75, 3.05) is 19.6 Å². The number of carboxylic acids is 13. The molecule has 0 aliphatic carbocycles. The summed E-state index contributed by atoms with van der Waals surface area (Å²) >= 11 is 16.8. The molecular formula is C100H101N5O30S5. The highest BCUT2D eigenvalue weighted by Crippen LogP contribution is 2.32. The van der Waals surface area contributed by atoms with Crippen LogP contribution in [0, 0.1) is 22.7 Å². The summed E-state index contributed by atoms with van der Waals surface area (Å²) in [6, 6.07) is 38.6. The van der Waals surface area contributed by atoms with E-state index in [2.05, 4.69) is 12.2 Å². The zero-order valence-corrected chi connectivity index (χ0v) is 81.1. The quantitative estimate of drug-likeness (QED) is 0.00552. The van der Waals surface area contributed by atoms with Crippen molar-refractivity contribution in [3.05, 3.63) is 330 Å². The van der Waals surface area contributed by atoms with E-state index in [1.165, 1.54) is 53.1 Å². The Labute approximate surface area is 830 Å². The molecule has 8 rings (SSSR count). The standard InChI is InChI=1S/C13H11NO2.C13H12O4.C12H12O2.2C10H10O2.C8H9NO3S2.C7H7NO4S.C7H7NO3S2.C7H7NO2.C7H8O4.C6H8O2/c1-2-3-10-4-6-11(7-5-10)8-12(9-14)13(15)16;1-2-3-9-4-6-10(7-5-9)8-11(12(14)15)13(16)17;1-2-3-10-4-6-11(7-5-10)8-9-12(13)14;1-2-4-8-5-3-6-9(7-8)10(11)12;1-2-3-8-4-6-9(7-5-8)10(11)12;1-2-5-7(12)9(8(13)14-5)4-3-6(10)11;1-2-4-6(11)8(3-5(9)10)7(13)12-4;1-2-4-6(11)8(3-5(9)10)7(12)13-4;1-2-3-4-6(5-8)7(9)10;1-2-3-4-5(6(8)9)7(10)11;1-2-3-4-5-6(7)8/h2-8H,1H3,(H,15,16);2-8H,1H3,(H,14,15)(H,16,17);2-9H,1H3,(H,13,14);2*2-7H,1H3,(H,11,12);2H,3-4H2,1H3,(H,10,11);2*2H,3H2,1H3,(H,9,10);2-4H,1H3,(H,9,10);2-4H,1H3,(H,8,9)(H,10,11);2-5H,1H3,(H,7,8)/b;;;;;5-2+;2*4-2+;;;. The average Bonchev–Trinajstić information content (AvgIpc) is 1.71. The number of thiocarbonyl (C=S) groups is 3. The van der Waals surface area contributed by atoms with Gasteiger partial charge in [0.1, 0.15) is 56.2 Å². The number of ether oxygens (including phenoxy) is 1. The van der Waals surface area contributed by atoms with Gasteiger partial charge < -0.3 is 71.1 Å². The van der Waals surface area contributed by atoms with Crippen molar-refractivity contribution in [1.82, 2.24) is 14.7 Å². The van der Waals surface area contributed by atoms with E-state index in [1.54, 1.807) is 168 Å². The van der Waals surface area contributed by atoms with Crippen molar-refractivity contribution >= 4 is 218 Å². The molecule has 0 saturated carbocycles. The lowest BCUT2D eigenvalue weighted by Gasteiger charge is -2.11. The van der Waals surface area contributed by atoms with Crippen molar-refractivity contribution in [2.45, 2.75) is 82.6 Å². The summed E-state index contributed by atoms with van der Waals surface area (Å²) in [6.45, 7) is 19.2. The highest BCUT2D eigenvalue weighted by molar-refractivity contribution is 8.27. The van der Waals surface area contributed by atoms with Crippen molar-refractivity contribution < 1.29 is 148 Å². The maximum absolute atomic E-state index is 11.5. The minimum absolute atomic E-state index is 0.0752. The molecule has 5 aromatic rings. The number of amides is 3. The van der Waals surface area contributed by atoms with Gasteiger partial charge >= 0.3 is 77.6 Å². The van der Waals surface area contributed by atoms with Gasteiger partial charge in [-0.1, -0.05) is 260 Å². The lowest BCUT2D eigenvalue weighted by atomic mass is 10.1. The molecule has 3 aliphatic rings. The number of nitrogens with zero attached hydrogens (tertiary/aromatic N) is 5. The first-order chi connectivity index (χ1) is 66.2. The highest BCUT2D eigenvalue weighted by Gasteiger charge is 2.35. The molecule has 13 N–H and O–H groups in total. The summed E-state index contributed by atoms with van der Waals surface area (Å²) in [7, 11) is 0. The summed E-state index contributed by atoms with van der Waals surface area (Å²) in [5.41, 5.74) is 6.02. The largest absolute Gasteiger partial charge is 0.481 e. The Morgan fingerprint density at radius 1 is 0.357 bits per heavy atom. The van der Waals surface area contributed by atoms with Gasteiger partial charge in [-0.25, -0.2) is 47.9 Å². The molecule has 736 valence electrons. The van der Waals surface area contributed by atoms with E-state index in [0.717, 1.165) is 79.2 Å². The van der Waals surface area contributed by atoms with Gasteiger partial charge in [0.25, 0.3) is 22.9 Å². The van der Waals surface area contributed by atoms with Crippen LogP contribution in [0.4, 0.5) is 0 Å². The van der Waals surface area contributed by atoms with Crippen LogP contribution in [0.15, 0.2) is 275 Å². The molecule has 0 radical (unpaired) electrons. The fourth-order valence-electron chi connectivity index (χ4n) is 9.20. The van der Waals surface area contributed by atoms with Crippen LogP contribution >= 0.6 is 60.2 Å². The van der Waals surface area contributed by atoms with Crippen LogP contribution < -0.4 is 0 Å². The SMILES string of the molecule is C/C=C1/OC(=S)N(CC(=O)O)C1=O.C/C=C1/SC(=S)N(CC(=O)O)C1=O.C/C=C1/SC(=S)N(CCC(=O)O)C1=O.CC=CC=C(C#N)C(=O)O.CC=CC=C(C(=O)O)C(=O)O.CC=CC=CC(=O)O.CC=Cc1ccc(C(=O)O)cc1.CC=Cc1ccc(C=C(C#N)C(=O)O)cc1.CC=Cc1ccc(C=C(C(=O)O)C(=O)O)cc1.CC=Cc1ccc(C=CC(=O)O)cc1.CC=Cc1cccc(C(=O)O)c1. The van der Waals surface area contributed by atoms with Gasteiger partial charge in [0.05, 0.1) is 27.4 Å². The monoisotopic (exact) mass is 2010 g/mol. The van der Waals surface area contributed by atoms with Crippen LogP contribution in [0.2, 0.25) is 0 Å². The summed E-state index contributed by atoms with van der Waals surface area (Å²) in [5.74, 6) is -15.8. The van der Waals surface area contributed by atoms with Gasteiger partial charge in [-0.3, -0.25) is 43.5 Å². The molecule has 40 heteroatoms. The van der Waals surface area contributed by atoms with E-state index in [0.29, 0.717) is 40.7 Å². The summed E-state index contributed by atoms with van der Waals surface area (Å²) in [6.07, 6.45) is 43.3. The molecule has 3 saturated heterocycles. The van der Waals surface area contributed by atoms with Crippen molar-refractivity contribution in [1.29, 1.82) is 10.5 Å². The molecule has 140 heavy (non-hydrogen) atoms. The highest BCUT2D eigenvalue weighted by atomic mass is 32.2. The molecule has 0 aromatic heterocycles. The maximum atomic E-state index is 11.5. The normalized spacial score (nSPS) is 13.3. The molecule has 3 aliphatic heterocycles. The molecule has 3 heterocycles. The van der Waals surface area contributed by atoms with E-state index < -0.39 is 101 Å². The zero-order valence-electron chi connectivity index (χ0n) is 77.0. The van der Waals surface area contributed by atoms with Crippen LogP contribution in [0.25, 0.3) is 48.6 Å². The van der Waals surface area contributed by atoms with Gasteiger partial charge in [0, 0.05) is 18.7 Å². The van der Waals surface area contributed by atoms with Crippen molar-refractivity contribution in [3.63, 3.8) is 0 Å². The summed E-state index contributed by atoms with van der Waals surface area (Å²) in [5, 5.41) is 127. The van der Waals surface area contributed by atoms with Gasteiger partial charge in [-0.15, -0.1) is 0 Å². The van der Waals surface area contributed by atoms with E-state index >= 15 is 0 Å². The second-order valence-corrected chi connectivity index (χ2v) is 29.6. The Hall–Kier alpha value is -17.1. The Bertz CT molecular complexity index is 5790. The fraction of sp³-hybridized carbons (Fsp3) is 0.150. The van der Waals surface area contributed by atoms with Crippen LogP contribution in [0.5, 0.6) is 0 Å². The number of thioether (sulfide) groups is 2. The molecule has 3 amide bonds. The van der Waals surface area contributed by atoms with Crippen molar-refractivity contribution in [3.8, 4) is 12.1 Å². The van der Waals surface area contributed by atoms with Gasteiger partial charge in [-0.05, 0) is 194 Å². The summed E-state index contributed by atoms with van der Waals surface area (Å²) in [4.78, 5) is 173. The number of nitriles is 2. The first-order valence-corrected chi connectivity index (χ1v) is 43.1. The Balaban J connectivity index is -0.00000148. The van der Waals surface area contributed by atoms with Crippen LogP contribution in [-0.2, 0) is 71.9 Å². The predicted octanol–water partition coefficient (Wildman–Crippen LogP) is 17.8. The second kappa shape index (κ2) is 73.4. The lowest BCUT2D eigenvalue weighted by molar-refractivity contribution is -0.142. The number of carbonyl (C=O) groups excluding carboxylic acids is 3. The molecule has 0 atom stereocenters. The molecule has 0 spiro atoms. The number of allylic oxidation sites excluding steroid dienone is 17. The number of carboxylic acid groups (broad SMARTS) is 13. The Morgan fingerprint density at radius 2 is 0.721 bits per heavy atom. The third-order valence-electron chi connectivity index (χ3n) is 15.6. The third-order valence-corrected chi connectivity index (χ3v) is 18.9. The number of benzene rings is 5. The Morgan fingerprint density at radius 3 is 1.06 bits per heavy atom. The summed E-state index contributed by atoms with van der Waals surface area (Å²) < 4.78 is 5.58. The number of carbonyl (C=O) groups is 16. The first kappa shape index (κ1) is 127. The average molecular weight is 2010 g/mol. The molecule has 0 unspecified atom stereocenters. The van der Waals surface area contributed by atoms with E-state index in [9.17, 15) is 76.7 Å². The zero-order chi connectivity index (χ0) is 107. The van der Waals surface area contributed by atoms with Crippen LogP contribution in [-0.4, -0.2) is 210 Å². The minimum atomic E-state index is -1.45. The van der Waals surface area contributed by atoms with Gasteiger partial charge in [-0.2, -0.15) is 10.5 Å². The number of hydrogen-bond donors (Lipinski definition) is 13. The molecule has 3 fully saturated rings. The van der Waals surface area contributed by atoms with Gasteiger partial charge in [0.15, 0.2) is 5.76 Å². The number of rotatable bonds is 28. The van der Waals surface area contributed by atoms with Crippen LogP contribution in [0.3, 0.4) is 0 Å². The van der Waals surface area contributed by atoms with E-state index in [4.69, 9.17) is 106 Å². The molecule has 5 aromatic carbocycles. The number of hydrogen-bond acceptors (Lipinski definition) is 24. The van der Waals surface area contributed by atoms with Crippen LogP contribution in [0.1, 0.15) is 148 Å². The van der Waals surface area contributed by atoms with Crippen molar-refractivity contribution in [2.24, 2.45) is 0 Å². The first-order valence-electron chi connectivity index (χ1n) is 40.3. The smallest absolute Gasteiger partial charge is 0.346 e. The fourth-order valence-corrected chi connectivity index (χ4v) is 11.8. The predicted molar refractivity (Wildman–Crippen MR) is 545 cm³/mol. The number of aliphatic carboxylic acids is 11. The molecule has 35 nitrogen and oxygen atoms in total. The maximum Gasteiger partial charge on any atom is 0.346 e. The molecule has 0 bridgehead atoms. The molecular weight excluding hydrogens is 1910 g/mol. The topological polar surface area (TPSA) is 603 Å². The van der Waals surface area contributed by atoms with Gasteiger partial charge in [0.2, 0.25) is 0 Å². The Kier molecular flexibility index (Phi) is 66.6. The van der Waals surface area contributed by atoms with E-state index in [-0.39, 0.29) is 53.4 Å². The van der Waals surface area contributed by atoms with E-state index in [1.807, 2.05) is 145 Å². The minimum Gasteiger partial charge on any atom is -0.481 e. The lowest BCUT2D eigenvalue weighted by Crippen LogP contribution is -2.33. The third kappa shape index (κ3) is 55.6. The number of aromatic carboxylic acids is 2.